The highest BCUT2D eigenvalue weighted by Crippen LogP contribution is 2.21. The average Bonchev–Trinajstić information content (AvgIpc) is 2.34. The molecule has 1 aromatic carbocycles. The fourth-order valence-corrected chi connectivity index (χ4v) is 1.46. The van der Waals surface area contributed by atoms with Gasteiger partial charge >= 0.3 is 11.9 Å². The molecule has 19 heavy (non-hydrogen) atoms. The van der Waals surface area contributed by atoms with Crippen molar-refractivity contribution in [1.82, 2.24) is 0 Å². The van der Waals surface area contributed by atoms with E-state index in [1.54, 1.807) is 18.2 Å². The zero-order valence-corrected chi connectivity index (χ0v) is 11.0. The lowest BCUT2D eigenvalue weighted by atomic mass is 10.2. The zero-order valence-electron chi connectivity index (χ0n) is 11.0. The quantitative estimate of drug-likeness (QED) is 0.603. The lowest BCUT2D eigenvalue weighted by molar-refractivity contribution is -0.140. The molecule has 6 heteroatoms. The van der Waals surface area contributed by atoms with Gasteiger partial charge in [-0.25, -0.2) is 0 Å². The van der Waals surface area contributed by atoms with Gasteiger partial charge in [-0.2, -0.15) is 0 Å². The number of nitrogens with zero attached hydrogens (tertiary/aromatic N) is 1. The number of anilines is 1. The van der Waals surface area contributed by atoms with Crippen molar-refractivity contribution in [2.24, 2.45) is 0 Å². The molecular formula is C13H15NO5. The molecule has 0 bridgehead atoms. The molecule has 1 rings (SSSR count). The molecule has 0 aromatic heterocycles. The number of carbonyl (C=O) groups excluding carboxylic acids is 3. The summed E-state index contributed by atoms with van der Waals surface area (Å²) < 4.78 is 9.45. The van der Waals surface area contributed by atoms with Gasteiger partial charge in [-0.15, -0.1) is 0 Å². The normalized spacial score (nSPS) is 9.63. The number of amides is 1. The molecule has 0 aliphatic rings. The van der Waals surface area contributed by atoms with E-state index in [0.717, 1.165) is 0 Å². The Bertz CT molecular complexity index is 498. The minimum atomic E-state index is -0.534. The second-order valence-electron chi connectivity index (χ2n) is 3.77. The van der Waals surface area contributed by atoms with E-state index in [0.29, 0.717) is 11.4 Å². The van der Waals surface area contributed by atoms with Crippen LogP contribution in [0.15, 0.2) is 24.3 Å². The van der Waals surface area contributed by atoms with Gasteiger partial charge in [0.2, 0.25) is 5.91 Å². The molecule has 0 unspecified atom stereocenters. The van der Waals surface area contributed by atoms with Gasteiger partial charge in [0.05, 0.1) is 7.11 Å². The monoisotopic (exact) mass is 265 g/mol. The van der Waals surface area contributed by atoms with Crippen molar-refractivity contribution in [3.8, 4) is 5.75 Å². The second kappa shape index (κ2) is 6.53. The molecule has 0 saturated carbocycles. The van der Waals surface area contributed by atoms with Gasteiger partial charge in [0.1, 0.15) is 12.3 Å². The Morgan fingerprint density at radius 3 is 2.42 bits per heavy atom. The van der Waals surface area contributed by atoms with Crippen LogP contribution in [0.5, 0.6) is 5.75 Å². The summed E-state index contributed by atoms with van der Waals surface area (Å²) in [6.07, 6.45) is 0. The molecule has 0 N–H and O–H groups in total. The first-order valence-corrected chi connectivity index (χ1v) is 5.57. The number of carbonyl (C=O) groups is 3. The Hall–Kier alpha value is -2.37. The van der Waals surface area contributed by atoms with Crippen molar-refractivity contribution in [1.29, 1.82) is 0 Å². The van der Waals surface area contributed by atoms with Gasteiger partial charge in [0.15, 0.2) is 0 Å². The van der Waals surface area contributed by atoms with Gasteiger partial charge < -0.3 is 14.4 Å². The van der Waals surface area contributed by atoms with Gasteiger partial charge in [0.25, 0.3) is 0 Å². The Kier molecular flexibility index (Phi) is 5.05. The SMILES string of the molecule is COC(=O)CN(C(C)=O)c1cccc(OC(C)=O)c1. The predicted molar refractivity (Wildman–Crippen MR) is 67.8 cm³/mol. The molecule has 0 spiro atoms. The molecule has 0 atom stereocenters. The Morgan fingerprint density at radius 1 is 1.21 bits per heavy atom. The summed E-state index contributed by atoms with van der Waals surface area (Å²) in [7, 11) is 1.25. The number of methoxy groups -OCH3 is 1. The standard InChI is InChI=1S/C13H15NO5/c1-9(15)14(8-13(17)18-3)11-5-4-6-12(7-11)19-10(2)16/h4-7H,8H2,1-3H3. The third-order valence-electron chi connectivity index (χ3n) is 2.29. The molecule has 0 radical (unpaired) electrons. The van der Waals surface area contributed by atoms with Crippen LogP contribution in [0.2, 0.25) is 0 Å². The first-order chi connectivity index (χ1) is 8.93. The van der Waals surface area contributed by atoms with Crippen molar-refractivity contribution >= 4 is 23.5 Å². The molecule has 0 aliphatic carbocycles. The Labute approximate surface area is 110 Å². The van der Waals surface area contributed by atoms with E-state index >= 15 is 0 Å². The van der Waals surface area contributed by atoms with Crippen LogP contribution in [-0.4, -0.2) is 31.5 Å². The van der Waals surface area contributed by atoms with E-state index < -0.39 is 11.9 Å². The zero-order chi connectivity index (χ0) is 14.4. The van der Waals surface area contributed by atoms with Gasteiger partial charge in [0, 0.05) is 25.6 Å². The van der Waals surface area contributed by atoms with Crippen LogP contribution in [0, 0.1) is 0 Å². The predicted octanol–water partition coefficient (Wildman–Crippen LogP) is 1.14. The minimum absolute atomic E-state index is 0.199. The Morgan fingerprint density at radius 2 is 1.89 bits per heavy atom. The molecule has 1 amide bonds. The number of hydrogen-bond acceptors (Lipinski definition) is 5. The number of esters is 2. The topological polar surface area (TPSA) is 72.9 Å². The fraction of sp³-hybridized carbons (Fsp3) is 0.308. The first-order valence-electron chi connectivity index (χ1n) is 5.57. The maximum absolute atomic E-state index is 11.5. The third kappa shape index (κ3) is 4.42. The van der Waals surface area contributed by atoms with E-state index in [2.05, 4.69) is 4.74 Å². The average molecular weight is 265 g/mol. The lowest BCUT2D eigenvalue weighted by Crippen LogP contribution is -2.34. The van der Waals surface area contributed by atoms with Gasteiger partial charge in [-0.05, 0) is 12.1 Å². The molecule has 0 heterocycles. The molecule has 102 valence electrons. The molecule has 0 aliphatic heterocycles. The van der Waals surface area contributed by atoms with Crippen LogP contribution >= 0.6 is 0 Å². The maximum atomic E-state index is 11.5. The Balaban J connectivity index is 2.99. The summed E-state index contributed by atoms with van der Waals surface area (Å²) in [4.78, 5) is 34.9. The fourth-order valence-electron chi connectivity index (χ4n) is 1.46. The lowest BCUT2D eigenvalue weighted by Gasteiger charge is -2.20. The van der Waals surface area contributed by atoms with Crippen LogP contribution in [-0.2, 0) is 19.1 Å². The van der Waals surface area contributed by atoms with Crippen molar-refractivity contribution in [2.75, 3.05) is 18.6 Å². The molecule has 0 fully saturated rings. The number of benzene rings is 1. The summed E-state index contributed by atoms with van der Waals surface area (Å²) in [6.45, 7) is 2.42. The summed E-state index contributed by atoms with van der Waals surface area (Å²) >= 11 is 0. The molecule has 6 nitrogen and oxygen atoms in total. The largest absolute Gasteiger partial charge is 0.468 e. The summed E-state index contributed by atoms with van der Waals surface area (Å²) in [5.74, 6) is -1.00. The van der Waals surface area contributed by atoms with E-state index in [4.69, 9.17) is 4.74 Å². The van der Waals surface area contributed by atoms with E-state index in [1.165, 1.54) is 31.9 Å². The second-order valence-corrected chi connectivity index (χ2v) is 3.77. The summed E-state index contributed by atoms with van der Waals surface area (Å²) in [5.41, 5.74) is 0.455. The van der Waals surface area contributed by atoms with E-state index in [9.17, 15) is 14.4 Å². The number of ether oxygens (including phenoxy) is 2. The van der Waals surface area contributed by atoms with Crippen molar-refractivity contribution < 1.29 is 23.9 Å². The highest BCUT2D eigenvalue weighted by molar-refractivity contribution is 5.96. The third-order valence-corrected chi connectivity index (χ3v) is 2.29. The van der Waals surface area contributed by atoms with Crippen LogP contribution < -0.4 is 9.64 Å². The summed E-state index contributed by atoms with van der Waals surface area (Å²) in [5, 5.41) is 0. The first kappa shape index (κ1) is 14.7. The van der Waals surface area contributed by atoms with Crippen LogP contribution in [0.3, 0.4) is 0 Å². The molecular weight excluding hydrogens is 250 g/mol. The number of rotatable bonds is 4. The highest BCUT2D eigenvalue weighted by atomic mass is 16.5. The van der Waals surface area contributed by atoms with E-state index in [1.807, 2.05) is 0 Å². The maximum Gasteiger partial charge on any atom is 0.325 e. The van der Waals surface area contributed by atoms with Crippen LogP contribution in [0.1, 0.15) is 13.8 Å². The van der Waals surface area contributed by atoms with Crippen molar-refractivity contribution in [2.45, 2.75) is 13.8 Å². The van der Waals surface area contributed by atoms with Gasteiger partial charge in [-0.3, -0.25) is 14.4 Å². The van der Waals surface area contributed by atoms with Crippen molar-refractivity contribution in [3.63, 3.8) is 0 Å². The van der Waals surface area contributed by atoms with Crippen LogP contribution in [0.4, 0.5) is 5.69 Å². The number of hydrogen-bond donors (Lipinski definition) is 0. The highest BCUT2D eigenvalue weighted by Gasteiger charge is 2.16. The smallest absolute Gasteiger partial charge is 0.325 e. The molecule has 1 aromatic rings. The summed E-state index contributed by atoms with van der Waals surface area (Å²) in [6, 6.07) is 6.35. The van der Waals surface area contributed by atoms with Crippen LogP contribution in [0.25, 0.3) is 0 Å². The van der Waals surface area contributed by atoms with Crippen molar-refractivity contribution in [3.05, 3.63) is 24.3 Å². The minimum Gasteiger partial charge on any atom is -0.468 e. The van der Waals surface area contributed by atoms with E-state index in [-0.39, 0.29) is 12.5 Å². The molecule has 0 saturated heterocycles. The van der Waals surface area contributed by atoms with Gasteiger partial charge in [-0.1, -0.05) is 6.07 Å².